The van der Waals surface area contributed by atoms with Crippen molar-refractivity contribution in [2.45, 2.75) is 19.8 Å². The van der Waals surface area contributed by atoms with E-state index >= 15 is 0 Å². The number of hydrogen-bond acceptors (Lipinski definition) is 5. The Morgan fingerprint density at radius 3 is 2.67 bits per heavy atom. The molecule has 0 aromatic heterocycles. The summed E-state index contributed by atoms with van der Waals surface area (Å²) in [4.78, 5) is 0. The van der Waals surface area contributed by atoms with E-state index in [2.05, 4.69) is 17.4 Å². The Morgan fingerprint density at radius 1 is 1.38 bits per heavy atom. The van der Waals surface area contributed by atoms with Crippen LogP contribution in [0.1, 0.15) is 25.3 Å². The van der Waals surface area contributed by atoms with E-state index in [4.69, 9.17) is 20.8 Å². The van der Waals surface area contributed by atoms with Crippen LogP contribution in [0.4, 0.5) is 0 Å². The Balaban J connectivity index is 2.24. The van der Waals surface area contributed by atoms with Crippen LogP contribution in [0.25, 0.3) is 0 Å². The fraction of sp³-hybridized carbons (Fsp3) is 0.533. The predicted molar refractivity (Wildman–Crippen MR) is 82.8 cm³/mol. The van der Waals surface area contributed by atoms with Crippen molar-refractivity contribution < 1.29 is 15.1 Å². The summed E-state index contributed by atoms with van der Waals surface area (Å²) in [5.74, 6) is 1.33. The first-order valence-corrected chi connectivity index (χ1v) is 7.23. The third-order valence-electron chi connectivity index (χ3n) is 3.35. The molecule has 0 bridgehead atoms. The maximum Gasteiger partial charge on any atom is 0.170 e. The Hall–Kier alpha value is -1.79. The number of benzene rings is 1. The van der Waals surface area contributed by atoms with Gasteiger partial charge in [0.1, 0.15) is 12.4 Å². The monoisotopic (exact) mass is 295 g/mol. The quantitative estimate of drug-likeness (QED) is 0.171. The van der Waals surface area contributed by atoms with E-state index in [1.807, 2.05) is 0 Å². The first-order chi connectivity index (χ1) is 10.2. The molecule has 0 aliphatic rings. The molecule has 1 aromatic rings. The average Bonchev–Trinajstić information content (AvgIpc) is 2.53. The zero-order valence-corrected chi connectivity index (χ0v) is 12.5. The third kappa shape index (κ3) is 6.46. The first-order valence-electron chi connectivity index (χ1n) is 7.23. The van der Waals surface area contributed by atoms with Crippen molar-refractivity contribution in [3.63, 3.8) is 0 Å². The molecule has 0 fully saturated rings. The zero-order valence-electron chi connectivity index (χ0n) is 12.5. The van der Waals surface area contributed by atoms with Crippen molar-refractivity contribution in [3.8, 4) is 5.75 Å². The van der Waals surface area contributed by atoms with E-state index in [0.29, 0.717) is 18.1 Å². The number of aliphatic hydroxyl groups is 1. The molecule has 1 unspecified atom stereocenters. The minimum atomic E-state index is 0.0812. The summed E-state index contributed by atoms with van der Waals surface area (Å²) >= 11 is 0. The lowest BCUT2D eigenvalue weighted by atomic mass is 10.0. The van der Waals surface area contributed by atoms with Gasteiger partial charge in [0.25, 0.3) is 0 Å². The van der Waals surface area contributed by atoms with Gasteiger partial charge in [0.05, 0.1) is 0 Å². The van der Waals surface area contributed by atoms with Gasteiger partial charge < -0.3 is 26.1 Å². The Morgan fingerprint density at radius 2 is 2.10 bits per heavy atom. The number of ether oxygens (including phenoxy) is 1. The molecule has 6 nitrogen and oxygen atoms in total. The molecule has 0 spiro atoms. The molecule has 118 valence electrons. The fourth-order valence-electron chi connectivity index (χ4n) is 1.96. The van der Waals surface area contributed by atoms with Crippen LogP contribution in [-0.4, -0.2) is 42.5 Å². The summed E-state index contributed by atoms with van der Waals surface area (Å²) in [5.41, 5.74) is 6.13. The third-order valence-corrected chi connectivity index (χ3v) is 3.35. The molecule has 5 N–H and O–H groups in total. The predicted octanol–water partition coefficient (Wildman–Crippen LogP) is 1.16. The maximum absolute atomic E-state index is 8.91. The SMILES string of the molecule is CCC(CCO)CNCCOc1ccc(/C(N)=N/O)cc1. The number of hydrogen-bond donors (Lipinski definition) is 4. The Kier molecular flexibility index (Phi) is 8.23. The normalized spacial score (nSPS) is 13.1. The van der Waals surface area contributed by atoms with Crippen molar-refractivity contribution >= 4 is 5.84 Å². The second-order valence-corrected chi connectivity index (χ2v) is 4.85. The molecule has 1 rings (SSSR count). The molecular weight excluding hydrogens is 270 g/mol. The standard InChI is InChI=1S/C15H25N3O3/c1-2-12(7-9-19)11-17-8-10-21-14-5-3-13(4-6-14)15(16)18-20/h3-6,12,17,19-20H,2,7-11H2,1H3,(H2,16,18). The van der Waals surface area contributed by atoms with Crippen LogP contribution >= 0.6 is 0 Å². The van der Waals surface area contributed by atoms with E-state index in [-0.39, 0.29) is 12.4 Å². The van der Waals surface area contributed by atoms with Crippen molar-refractivity contribution in [1.29, 1.82) is 0 Å². The summed E-state index contributed by atoms with van der Waals surface area (Å²) < 4.78 is 5.59. The molecular formula is C15H25N3O3. The van der Waals surface area contributed by atoms with Gasteiger partial charge >= 0.3 is 0 Å². The van der Waals surface area contributed by atoms with E-state index in [1.54, 1.807) is 24.3 Å². The molecule has 0 saturated heterocycles. The highest BCUT2D eigenvalue weighted by atomic mass is 16.5. The number of rotatable bonds is 10. The van der Waals surface area contributed by atoms with Gasteiger partial charge in [0, 0.05) is 18.7 Å². The van der Waals surface area contributed by atoms with Gasteiger partial charge in [0.2, 0.25) is 0 Å². The van der Waals surface area contributed by atoms with E-state index in [0.717, 1.165) is 31.7 Å². The molecule has 0 saturated carbocycles. The highest BCUT2D eigenvalue weighted by Gasteiger charge is 2.04. The number of aliphatic hydroxyl groups excluding tert-OH is 1. The second-order valence-electron chi connectivity index (χ2n) is 4.85. The Labute approximate surface area is 125 Å². The Bertz CT molecular complexity index is 421. The van der Waals surface area contributed by atoms with Crippen LogP contribution in [0.15, 0.2) is 29.4 Å². The molecule has 1 aromatic carbocycles. The molecule has 0 amide bonds. The molecule has 1 atom stereocenters. The van der Waals surface area contributed by atoms with Crippen molar-refractivity contribution in [2.75, 3.05) is 26.3 Å². The smallest absolute Gasteiger partial charge is 0.170 e. The first kappa shape index (κ1) is 17.3. The number of nitrogens with two attached hydrogens (primary N) is 1. The van der Waals surface area contributed by atoms with Crippen LogP contribution in [-0.2, 0) is 0 Å². The highest BCUT2D eigenvalue weighted by Crippen LogP contribution is 2.11. The molecule has 21 heavy (non-hydrogen) atoms. The summed E-state index contributed by atoms with van der Waals surface area (Å²) in [6.07, 6.45) is 1.89. The van der Waals surface area contributed by atoms with Crippen molar-refractivity contribution in [3.05, 3.63) is 29.8 Å². The largest absolute Gasteiger partial charge is 0.492 e. The van der Waals surface area contributed by atoms with E-state index in [9.17, 15) is 0 Å². The van der Waals surface area contributed by atoms with Crippen LogP contribution in [0.3, 0.4) is 0 Å². The maximum atomic E-state index is 8.91. The fourth-order valence-corrected chi connectivity index (χ4v) is 1.96. The molecule has 0 radical (unpaired) electrons. The van der Waals surface area contributed by atoms with Gasteiger partial charge in [-0.15, -0.1) is 0 Å². The molecule has 0 heterocycles. The van der Waals surface area contributed by atoms with Gasteiger partial charge in [-0.05, 0) is 43.1 Å². The molecule has 0 aliphatic carbocycles. The summed E-state index contributed by atoms with van der Waals surface area (Å²) in [6, 6.07) is 7.06. The average molecular weight is 295 g/mol. The summed E-state index contributed by atoms with van der Waals surface area (Å²) in [5, 5.41) is 23.7. The van der Waals surface area contributed by atoms with Gasteiger partial charge in [-0.1, -0.05) is 18.5 Å². The summed E-state index contributed by atoms with van der Waals surface area (Å²) in [6.45, 7) is 4.58. The van der Waals surface area contributed by atoms with Crippen LogP contribution in [0, 0.1) is 5.92 Å². The van der Waals surface area contributed by atoms with Crippen molar-refractivity contribution in [2.24, 2.45) is 16.8 Å². The van der Waals surface area contributed by atoms with Gasteiger partial charge in [0.15, 0.2) is 5.84 Å². The minimum Gasteiger partial charge on any atom is -0.492 e. The molecule has 6 heteroatoms. The number of nitrogens with zero attached hydrogens (tertiary/aromatic N) is 1. The van der Waals surface area contributed by atoms with Gasteiger partial charge in [-0.3, -0.25) is 0 Å². The van der Waals surface area contributed by atoms with Crippen LogP contribution in [0.2, 0.25) is 0 Å². The lowest BCUT2D eigenvalue weighted by Crippen LogP contribution is -2.27. The lowest BCUT2D eigenvalue weighted by molar-refractivity contribution is 0.247. The van der Waals surface area contributed by atoms with E-state index in [1.165, 1.54) is 0 Å². The van der Waals surface area contributed by atoms with Crippen LogP contribution < -0.4 is 15.8 Å². The topological polar surface area (TPSA) is 100 Å². The lowest BCUT2D eigenvalue weighted by Gasteiger charge is -2.14. The zero-order chi connectivity index (χ0) is 15.5. The number of oxime groups is 1. The minimum absolute atomic E-state index is 0.0812. The number of amidine groups is 1. The van der Waals surface area contributed by atoms with E-state index < -0.39 is 0 Å². The van der Waals surface area contributed by atoms with Crippen molar-refractivity contribution in [1.82, 2.24) is 5.32 Å². The molecule has 0 aliphatic heterocycles. The van der Waals surface area contributed by atoms with Gasteiger partial charge in [-0.2, -0.15) is 0 Å². The van der Waals surface area contributed by atoms with Gasteiger partial charge in [-0.25, -0.2) is 0 Å². The number of nitrogens with one attached hydrogen (secondary N) is 1. The van der Waals surface area contributed by atoms with Crippen LogP contribution in [0.5, 0.6) is 5.75 Å². The summed E-state index contributed by atoms with van der Waals surface area (Å²) in [7, 11) is 0. The second kappa shape index (κ2) is 10.0. The highest BCUT2D eigenvalue weighted by molar-refractivity contribution is 5.97.